The molecule has 140 valence electrons. The van der Waals surface area contributed by atoms with Crippen LogP contribution >= 0.6 is 7.60 Å². The average molecular weight is 371 g/mol. The zero-order valence-electron chi connectivity index (χ0n) is 15.2. The molecule has 25 heavy (non-hydrogen) atoms. The van der Waals surface area contributed by atoms with Gasteiger partial charge in [0.2, 0.25) is 5.91 Å². The summed E-state index contributed by atoms with van der Waals surface area (Å²) in [5.74, 6) is -0.866. The van der Waals surface area contributed by atoms with E-state index in [0.717, 1.165) is 5.56 Å². The lowest BCUT2D eigenvalue weighted by Crippen LogP contribution is -2.64. The van der Waals surface area contributed by atoms with Gasteiger partial charge in [-0.2, -0.15) is 0 Å². The van der Waals surface area contributed by atoms with Gasteiger partial charge in [0, 0.05) is 12.6 Å². The lowest BCUT2D eigenvalue weighted by molar-refractivity contribution is -0.149. The molecule has 1 saturated heterocycles. The Balaban J connectivity index is 2.49. The molecule has 0 aliphatic carbocycles. The van der Waals surface area contributed by atoms with Gasteiger partial charge >= 0.3 is 7.60 Å². The number of hydrogen-bond acceptors (Lipinski definition) is 2. The molecular formula is C18H27FNO4P. The van der Waals surface area contributed by atoms with Crippen LogP contribution < -0.4 is 0 Å². The molecule has 1 heterocycles. The van der Waals surface area contributed by atoms with Crippen LogP contribution in [0.1, 0.15) is 52.5 Å². The molecule has 0 spiro atoms. The minimum absolute atomic E-state index is 0.0765. The fraction of sp³-hybridized carbons (Fsp3) is 0.611. The van der Waals surface area contributed by atoms with E-state index in [1.807, 2.05) is 13.8 Å². The molecule has 1 amide bonds. The zero-order valence-corrected chi connectivity index (χ0v) is 16.1. The zero-order chi connectivity index (χ0) is 19.0. The second-order valence-electron chi connectivity index (χ2n) is 7.28. The summed E-state index contributed by atoms with van der Waals surface area (Å²) in [6.45, 7) is 7.45. The van der Waals surface area contributed by atoms with Crippen molar-refractivity contribution in [2.45, 2.75) is 64.7 Å². The van der Waals surface area contributed by atoms with Crippen molar-refractivity contribution in [3.63, 3.8) is 0 Å². The molecular weight excluding hydrogens is 344 g/mol. The second-order valence-corrected chi connectivity index (χ2v) is 9.14. The number of nitrogens with zero attached hydrogens (tertiary/aromatic N) is 1. The number of amides is 1. The van der Waals surface area contributed by atoms with Crippen LogP contribution in [0, 0.1) is 11.2 Å². The summed E-state index contributed by atoms with van der Waals surface area (Å²) in [7, 11) is -4.69. The molecule has 0 aromatic heterocycles. The van der Waals surface area contributed by atoms with Gasteiger partial charge in [-0.05, 0) is 49.3 Å². The van der Waals surface area contributed by atoms with Gasteiger partial charge in [0.25, 0.3) is 0 Å². The van der Waals surface area contributed by atoms with Crippen LogP contribution in [0.5, 0.6) is 0 Å². The first-order valence-corrected chi connectivity index (χ1v) is 10.2. The highest BCUT2D eigenvalue weighted by Crippen LogP contribution is 2.66. The third-order valence-electron chi connectivity index (χ3n) is 5.95. The first-order chi connectivity index (χ1) is 11.5. The van der Waals surface area contributed by atoms with Crippen LogP contribution in [0.4, 0.5) is 4.39 Å². The van der Waals surface area contributed by atoms with Crippen molar-refractivity contribution < 1.29 is 23.5 Å². The topological polar surface area (TPSA) is 77.8 Å². The molecule has 3 atom stereocenters. The van der Waals surface area contributed by atoms with Crippen LogP contribution in [-0.4, -0.2) is 31.8 Å². The van der Waals surface area contributed by atoms with Gasteiger partial charge in [0.15, 0.2) is 5.16 Å². The van der Waals surface area contributed by atoms with Crippen molar-refractivity contribution in [2.24, 2.45) is 5.41 Å². The van der Waals surface area contributed by atoms with Crippen molar-refractivity contribution in [2.75, 3.05) is 0 Å². The normalized spacial score (nSPS) is 30.6. The Hall–Kier alpha value is -1.23. The van der Waals surface area contributed by atoms with Crippen LogP contribution in [0.2, 0.25) is 0 Å². The molecule has 2 N–H and O–H groups in total. The highest BCUT2D eigenvalue weighted by Gasteiger charge is 2.66. The van der Waals surface area contributed by atoms with Gasteiger partial charge < -0.3 is 14.7 Å². The van der Waals surface area contributed by atoms with Gasteiger partial charge in [-0.15, -0.1) is 0 Å². The van der Waals surface area contributed by atoms with E-state index in [-0.39, 0.29) is 24.8 Å². The van der Waals surface area contributed by atoms with Crippen molar-refractivity contribution in [1.29, 1.82) is 0 Å². The van der Waals surface area contributed by atoms with Crippen molar-refractivity contribution in [3.05, 3.63) is 35.6 Å². The molecule has 5 nitrogen and oxygen atoms in total. The molecule has 2 rings (SSSR count). The number of benzene rings is 1. The van der Waals surface area contributed by atoms with Crippen LogP contribution in [0.3, 0.4) is 0 Å². The first-order valence-electron chi connectivity index (χ1n) is 8.63. The molecule has 0 bridgehead atoms. The molecule has 1 aromatic rings. The van der Waals surface area contributed by atoms with Gasteiger partial charge in [-0.3, -0.25) is 9.36 Å². The average Bonchev–Trinajstić information content (AvgIpc) is 2.52. The minimum Gasteiger partial charge on any atom is -0.335 e. The van der Waals surface area contributed by atoms with Crippen LogP contribution in [0.25, 0.3) is 0 Å². The van der Waals surface area contributed by atoms with E-state index in [0.29, 0.717) is 12.8 Å². The quantitative estimate of drug-likeness (QED) is 0.774. The number of likely N-dealkylation sites (tertiary alicyclic amines) is 1. The summed E-state index contributed by atoms with van der Waals surface area (Å²) in [5.41, 5.74) is -0.0475. The molecule has 0 radical (unpaired) electrons. The Morgan fingerprint density at radius 2 is 1.80 bits per heavy atom. The predicted octanol–water partition coefficient (Wildman–Crippen LogP) is 3.69. The van der Waals surface area contributed by atoms with Crippen molar-refractivity contribution in [1.82, 2.24) is 4.90 Å². The third kappa shape index (κ3) is 3.16. The third-order valence-corrected chi connectivity index (χ3v) is 7.99. The van der Waals surface area contributed by atoms with Crippen LogP contribution in [0.15, 0.2) is 24.3 Å². The number of hydrogen-bond donors (Lipinski definition) is 2. The molecule has 0 saturated carbocycles. The van der Waals surface area contributed by atoms with Crippen LogP contribution in [-0.2, 0) is 15.9 Å². The number of carbonyl (C=O) groups excluding carboxylic acids is 1. The number of piperidine rings is 1. The second kappa shape index (κ2) is 6.82. The Bertz CT molecular complexity index is 689. The molecule has 1 aromatic carbocycles. The van der Waals surface area contributed by atoms with Gasteiger partial charge in [-0.25, -0.2) is 4.39 Å². The molecule has 7 heteroatoms. The minimum atomic E-state index is -4.69. The lowest BCUT2D eigenvalue weighted by atomic mass is 9.65. The van der Waals surface area contributed by atoms with Crippen molar-refractivity contribution >= 4 is 13.5 Å². The summed E-state index contributed by atoms with van der Waals surface area (Å²) < 4.78 is 25.6. The van der Waals surface area contributed by atoms with Gasteiger partial charge in [-0.1, -0.05) is 32.9 Å². The molecule has 3 unspecified atom stereocenters. The van der Waals surface area contributed by atoms with Gasteiger partial charge in [0.05, 0.1) is 0 Å². The largest absolute Gasteiger partial charge is 0.341 e. The summed E-state index contributed by atoms with van der Waals surface area (Å²) >= 11 is 0. The van der Waals surface area contributed by atoms with Gasteiger partial charge in [0.1, 0.15) is 5.82 Å². The number of carbonyl (C=O) groups is 1. The fourth-order valence-electron chi connectivity index (χ4n) is 4.34. The van der Waals surface area contributed by atoms with E-state index >= 15 is 0 Å². The van der Waals surface area contributed by atoms with E-state index < -0.39 is 24.1 Å². The van der Waals surface area contributed by atoms with E-state index in [2.05, 4.69) is 0 Å². The Kier molecular flexibility index (Phi) is 5.48. The molecule has 1 aliphatic rings. The molecule has 1 fully saturated rings. The Morgan fingerprint density at radius 3 is 2.24 bits per heavy atom. The smallest absolute Gasteiger partial charge is 0.335 e. The maximum absolute atomic E-state index is 13.3. The SMILES string of the molecule is CCC1(C)CC(C)N(Cc2ccc(F)cc2)C(=O)C1(CC)P(=O)(O)O. The highest BCUT2D eigenvalue weighted by atomic mass is 31.2. The number of rotatable bonds is 5. The lowest BCUT2D eigenvalue weighted by Gasteiger charge is -2.55. The summed E-state index contributed by atoms with van der Waals surface area (Å²) in [6.07, 6.45) is 1.09. The van der Waals surface area contributed by atoms with Crippen molar-refractivity contribution in [3.8, 4) is 0 Å². The predicted molar refractivity (Wildman–Crippen MR) is 94.5 cm³/mol. The first kappa shape index (κ1) is 20.1. The van der Waals surface area contributed by atoms with E-state index in [4.69, 9.17) is 0 Å². The van der Waals surface area contributed by atoms with E-state index in [1.54, 1.807) is 26.0 Å². The standard InChI is InChI=1S/C18H27FNO4P/c1-5-17(4)11-13(3)20(12-14-7-9-15(19)10-8-14)16(21)18(17,6-2)25(22,23)24/h7-10,13H,5-6,11-12H2,1-4H3,(H2,22,23,24). The maximum Gasteiger partial charge on any atom is 0.341 e. The van der Waals surface area contributed by atoms with E-state index in [1.165, 1.54) is 17.0 Å². The van der Waals surface area contributed by atoms with E-state index in [9.17, 15) is 23.5 Å². The summed E-state index contributed by atoms with van der Waals surface area (Å²) in [4.78, 5) is 35.2. The monoisotopic (exact) mass is 371 g/mol. The highest BCUT2D eigenvalue weighted by molar-refractivity contribution is 7.55. The summed E-state index contributed by atoms with van der Waals surface area (Å²) in [6, 6.07) is 5.66. The number of halogens is 1. The fourth-order valence-corrected chi connectivity index (χ4v) is 6.08. The Labute approximate surface area is 148 Å². The Morgan fingerprint density at radius 1 is 1.24 bits per heavy atom. The maximum atomic E-state index is 13.3. The molecule has 1 aliphatic heterocycles. The summed E-state index contributed by atoms with van der Waals surface area (Å²) in [5, 5.41) is -1.72.